The summed E-state index contributed by atoms with van der Waals surface area (Å²) in [5.74, 6) is 0. The number of rotatable bonds is 2. The molecule has 1 aliphatic carbocycles. The van der Waals surface area contributed by atoms with Gasteiger partial charge in [0, 0.05) is 12.8 Å². The maximum Gasteiger partial charge on any atom is 0.144 e. The smallest absolute Gasteiger partial charge is 0.144 e. The van der Waals surface area contributed by atoms with Gasteiger partial charge in [0.2, 0.25) is 0 Å². The average Bonchev–Trinajstić information content (AvgIpc) is 2.49. The van der Waals surface area contributed by atoms with Gasteiger partial charge in [-0.15, -0.1) is 0 Å². The molecule has 1 aliphatic heterocycles. The highest BCUT2D eigenvalue weighted by Crippen LogP contribution is 2.48. The molecule has 0 amide bonds. The summed E-state index contributed by atoms with van der Waals surface area (Å²) in [5, 5.41) is 10.8. The van der Waals surface area contributed by atoms with Crippen molar-refractivity contribution in [2.24, 2.45) is 0 Å². The molecule has 1 aromatic rings. The van der Waals surface area contributed by atoms with Gasteiger partial charge in [-0.3, -0.25) is 0 Å². The van der Waals surface area contributed by atoms with Crippen LogP contribution in [-0.4, -0.2) is 23.0 Å². The fourth-order valence-corrected chi connectivity index (χ4v) is 3.71. The Morgan fingerprint density at radius 2 is 1.75 bits per heavy atom. The zero-order valence-corrected chi connectivity index (χ0v) is 11.9. The van der Waals surface area contributed by atoms with Crippen molar-refractivity contribution in [3.63, 3.8) is 0 Å². The van der Waals surface area contributed by atoms with E-state index in [-0.39, 0.29) is 12.5 Å². The molecule has 0 bridgehead atoms. The molecule has 2 unspecified atom stereocenters. The molecule has 1 saturated heterocycles. The van der Waals surface area contributed by atoms with Crippen LogP contribution in [0.1, 0.15) is 56.6 Å². The molecule has 3 heteroatoms. The molecule has 1 N–H and O–H groups in total. The summed E-state index contributed by atoms with van der Waals surface area (Å²) < 4.78 is 21.2. The van der Waals surface area contributed by atoms with E-state index in [2.05, 4.69) is 0 Å². The zero-order valence-electron chi connectivity index (χ0n) is 11.9. The lowest BCUT2D eigenvalue weighted by Gasteiger charge is -2.47. The highest BCUT2D eigenvalue weighted by Gasteiger charge is 2.53. The van der Waals surface area contributed by atoms with Crippen LogP contribution in [0.5, 0.6) is 0 Å². The van der Waals surface area contributed by atoms with E-state index in [0.29, 0.717) is 25.9 Å². The Hall–Kier alpha value is -0.930. The van der Waals surface area contributed by atoms with Gasteiger partial charge in [-0.05, 0) is 18.4 Å². The fraction of sp³-hybridized carbons (Fsp3) is 0.647. The van der Waals surface area contributed by atoms with E-state index in [1.165, 1.54) is 0 Å². The number of hydrogen-bond acceptors (Lipinski definition) is 2. The Morgan fingerprint density at radius 1 is 1.05 bits per heavy atom. The van der Waals surface area contributed by atoms with Crippen molar-refractivity contribution in [2.45, 2.75) is 62.3 Å². The van der Waals surface area contributed by atoms with Crippen LogP contribution in [-0.2, 0) is 4.74 Å². The van der Waals surface area contributed by atoms with Crippen molar-refractivity contribution < 1.29 is 14.2 Å². The van der Waals surface area contributed by atoms with Crippen molar-refractivity contribution in [1.82, 2.24) is 0 Å². The van der Waals surface area contributed by atoms with Gasteiger partial charge in [-0.1, -0.05) is 49.6 Å². The van der Waals surface area contributed by atoms with E-state index in [1.54, 1.807) is 0 Å². The van der Waals surface area contributed by atoms with E-state index in [4.69, 9.17) is 4.74 Å². The van der Waals surface area contributed by atoms with Gasteiger partial charge in [-0.25, -0.2) is 4.39 Å². The van der Waals surface area contributed by atoms with Crippen LogP contribution in [0.3, 0.4) is 0 Å². The van der Waals surface area contributed by atoms with E-state index in [0.717, 1.165) is 24.8 Å². The maximum atomic E-state index is 15.4. The van der Waals surface area contributed by atoms with Crippen LogP contribution < -0.4 is 0 Å². The Labute approximate surface area is 120 Å². The van der Waals surface area contributed by atoms with Crippen molar-refractivity contribution in [3.05, 3.63) is 35.9 Å². The maximum absolute atomic E-state index is 15.4. The van der Waals surface area contributed by atoms with Gasteiger partial charge in [-0.2, -0.15) is 0 Å². The van der Waals surface area contributed by atoms with Gasteiger partial charge in [0.05, 0.1) is 18.3 Å². The lowest BCUT2D eigenvalue weighted by molar-refractivity contribution is -0.180. The van der Waals surface area contributed by atoms with Crippen LogP contribution in [0, 0.1) is 0 Å². The average molecular weight is 278 g/mol. The molecule has 2 atom stereocenters. The van der Waals surface area contributed by atoms with E-state index in [9.17, 15) is 5.11 Å². The standard InChI is InChI=1S/C17H23FO2/c18-16(17(19)9-5-2-6-10-17)11-12-20-15(13-16)14-7-3-1-4-8-14/h1,3-4,7-8,15,19H,2,5-6,9-13H2. The topological polar surface area (TPSA) is 29.5 Å². The van der Waals surface area contributed by atoms with Gasteiger partial charge in [0.1, 0.15) is 5.67 Å². The Kier molecular flexibility index (Phi) is 3.83. The first-order valence-electron chi connectivity index (χ1n) is 7.71. The third-order valence-corrected chi connectivity index (χ3v) is 5.01. The van der Waals surface area contributed by atoms with Gasteiger partial charge < -0.3 is 9.84 Å². The SMILES string of the molecule is OC1(C2(F)CCOC(c3ccccc3)C2)CCCCC1. The van der Waals surface area contributed by atoms with Crippen molar-refractivity contribution in [3.8, 4) is 0 Å². The van der Waals surface area contributed by atoms with Crippen LogP contribution in [0.15, 0.2) is 30.3 Å². The number of alkyl halides is 1. The molecule has 0 radical (unpaired) electrons. The second kappa shape index (κ2) is 5.45. The second-order valence-corrected chi connectivity index (χ2v) is 6.28. The molecular weight excluding hydrogens is 255 g/mol. The number of benzene rings is 1. The Balaban J connectivity index is 1.80. The van der Waals surface area contributed by atoms with Gasteiger partial charge in [0.25, 0.3) is 0 Å². The molecule has 1 heterocycles. The molecule has 0 aromatic heterocycles. The monoisotopic (exact) mass is 278 g/mol. The molecule has 0 spiro atoms. The van der Waals surface area contributed by atoms with Crippen LogP contribution in [0.4, 0.5) is 4.39 Å². The quantitative estimate of drug-likeness (QED) is 0.888. The largest absolute Gasteiger partial charge is 0.387 e. The second-order valence-electron chi connectivity index (χ2n) is 6.28. The Morgan fingerprint density at radius 3 is 2.45 bits per heavy atom. The highest BCUT2D eigenvalue weighted by molar-refractivity contribution is 5.20. The van der Waals surface area contributed by atoms with Gasteiger partial charge in [0.15, 0.2) is 0 Å². The minimum Gasteiger partial charge on any atom is -0.387 e. The third-order valence-electron chi connectivity index (χ3n) is 5.01. The lowest BCUT2D eigenvalue weighted by atomic mass is 9.69. The predicted octanol–water partition coefficient (Wildman–Crippen LogP) is 3.94. The van der Waals surface area contributed by atoms with Crippen molar-refractivity contribution in [2.75, 3.05) is 6.61 Å². The molecule has 3 rings (SSSR count). The number of aliphatic hydroxyl groups is 1. The summed E-state index contributed by atoms with van der Waals surface area (Å²) in [7, 11) is 0. The summed E-state index contributed by atoms with van der Waals surface area (Å²) in [6.45, 7) is 0.387. The summed E-state index contributed by atoms with van der Waals surface area (Å²) >= 11 is 0. The molecular formula is C17H23FO2. The molecule has 2 nitrogen and oxygen atoms in total. The summed E-state index contributed by atoms with van der Waals surface area (Å²) in [6.07, 6.45) is 4.49. The summed E-state index contributed by atoms with van der Waals surface area (Å²) in [4.78, 5) is 0. The number of halogens is 1. The number of hydrogen-bond donors (Lipinski definition) is 1. The van der Waals surface area contributed by atoms with Crippen molar-refractivity contribution >= 4 is 0 Å². The highest BCUT2D eigenvalue weighted by atomic mass is 19.1. The normalized spacial score (nSPS) is 33.8. The predicted molar refractivity (Wildman–Crippen MR) is 76.2 cm³/mol. The molecule has 1 aromatic carbocycles. The lowest BCUT2D eigenvalue weighted by Crippen LogP contribution is -2.55. The molecule has 1 saturated carbocycles. The van der Waals surface area contributed by atoms with Crippen LogP contribution in [0.2, 0.25) is 0 Å². The third kappa shape index (κ3) is 2.49. The fourth-order valence-electron chi connectivity index (χ4n) is 3.71. The molecule has 2 aliphatic rings. The Bertz CT molecular complexity index is 442. The van der Waals surface area contributed by atoms with Crippen LogP contribution >= 0.6 is 0 Å². The first kappa shape index (κ1) is 14.0. The van der Waals surface area contributed by atoms with Crippen molar-refractivity contribution in [1.29, 1.82) is 0 Å². The number of ether oxygens (including phenoxy) is 1. The van der Waals surface area contributed by atoms with E-state index >= 15 is 4.39 Å². The summed E-state index contributed by atoms with van der Waals surface area (Å²) in [5.41, 5.74) is -1.65. The van der Waals surface area contributed by atoms with Crippen LogP contribution in [0.25, 0.3) is 0 Å². The minimum atomic E-state index is -1.51. The zero-order chi connectivity index (χ0) is 14.1. The van der Waals surface area contributed by atoms with Gasteiger partial charge >= 0.3 is 0 Å². The first-order chi connectivity index (χ1) is 9.63. The molecule has 2 fully saturated rings. The first-order valence-corrected chi connectivity index (χ1v) is 7.71. The minimum absolute atomic E-state index is 0.235. The summed E-state index contributed by atoms with van der Waals surface area (Å²) in [6, 6.07) is 9.79. The van der Waals surface area contributed by atoms with E-state index < -0.39 is 11.3 Å². The van der Waals surface area contributed by atoms with E-state index in [1.807, 2.05) is 30.3 Å². The molecule has 20 heavy (non-hydrogen) atoms. The molecule has 110 valence electrons.